The molecule has 1 aliphatic heterocycles. The third-order valence-electron chi connectivity index (χ3n) is 3.73. The van der Waals surface area contributed by atoms with Crippen LogP contribution in [0, 0.1) is 0 Å². The van der Waals surface area contributed by atoms with E-state index in [-0.39, 0.29) is 5.91 Å². The predicted molar refractivity (Wildman–Crippen MR) is 78.8 cm³/mol. The van der Waals surface area contributed by atoms with Crippen LogP contribution in [0.2, 0.25) is 0 Å². The molecule has 1 aromatic carbocycles. The highest BCUT2D eigenvalue weighted by Gasteiger charge is 2.45. The Balaban J connectivity index is 1.87. The van der Waals surface area contributed by atoms with Crippen LogP contribution in [-0.2, 0) is 9.59 Å². The average Bonchev–Trinajstić information content (AvgIpc) is 2.83. The molecule has 1 heterocycles. The molecule has 2 rings (SSSR count). The molecule has 1 saturated heterocycles. The molecular formula is C15H19NO3S. The van der Waals surface area contributed by atoms with Crippen LogP contribution in [0.15, 0.2) is 35.2 Å². The van der Waals surface area contributed by atoms with Crippen molar-refractivity contribution < 1.29 is 14.7 Å². The Hall–Kier alpha value is -1.49. The van der Waals surface area contributed by atoms with Crippen LogP contribution in [-0.4, -0.2) is 39.7 Å². The van der Waals surface area contributed by atoms with Crippen LogP contribution in [0.5, 0.6) is 0 Å². The van der Waals surface area contributed by atoms with Gasteiger partial charge < -0.3 is 10.0 Å². The van der Waals surface area contributed by atoms with Gasteiger partial charge >= 0.3 is 5.97 Å². The Morgan fingerprint density at radius 1 is 1.35 bits per heavy atom. The molecule has 0 saturated carbocycles. The number of aliphatic carboxylic acids is 1. The minimum absolute atomic E-state index is 0.0594. The Kier molecular flexibility index (Phi) is 4.70. The Bertz CT molecular complexity index is 491. The van der Waals surface area contributed by atoms with Crippen molar-refractivity contribution >= 4 is 23.6 Å². The Morgan fingerprint density at radius 3 is 2.70 bits per heavy atom. The van der Waals surface area contributed by atoms with Crippen LogP contribution >= 0.6 is 11.8 Å². The fraction of sp³-hybridized carbons (Fsp3) is 0.467. The van der Waals surface area contributed by atoms with Gasteiger partial charge in [0.2, 0.25) is 5.91 Å². The quantitative estimate of drug-likeness (QED) is 0.848. The molecule has 108 valence electrons. The van der Waals surface area contributed by atoms with E-state index in [2.05, 4.69) is 0 Å². The number of hydrogen-bond donors (Lipinski definition) is 1. The van der Waals surface area contributed by atoms with Crippen molar-refractivity contribution in [2.45, 2.75) is 36.6 Å². The number of carboxylic acids is 1. The first-order valence-electron chi connectivity index (χ1n) is 6.76. The maximum atomic E-state index is 12.2. The highest BCUT2D eigenvalue weighted by Crippen LogP contribution is 2.30. The lowest BCUT2D eigenvalue weighted by Crippen LogP contribution is -2.50. The third-order valence-corrected chi connectivity index (χ3v) is 4.74. The molecule has 1 atom stereocenters. The van der Waals surface area contributed by atoms with E-state index in [9.17, 15) is 14.7 Å². The van der Waals surface area contributed by atoms with Crippen molar-refractivity contribution in [2.75, 3.05) is 12.3 Å². The van der Waals surface area contributed by atoms with Gasteiger partial charge in [-0.1, -0.05) is 18.2 Å². The monoisotopic (exact) mass is 293 g/mol. The fourth-order valence-electron chi connectivity index (χ4n) is 2.49. The summed E-state index contributed by atoms with van der Waals surface area (Å²) >= 11 is 1.62. The van der Waals surface area contributed by atoms with Gasteiger partial charge in [0.1, 0.15) is 5.54 Å². The van der Waals surface area contributed by atoms with Gasteiger partial charge in [-0.05, 0) is 31.9 Å². The van der Waals surface area contributed by atoms with Gasteiger partial charge in [-0.2, -0.15) is 0 Å². The molecule has 20 heavy (non-hydrogen) atoms. The Morgan fingerprint density at radius 2 is 2.05 bits per heavy atom. The second-order valence-electron chi connectivity index (χ2n) is 5.14. The van der Waals surface area contributed by atoms with E-state index in [1.54, 1.807) is 18.7 Å². The number of hydrogen-bond acceptors (Lipinski definition) is 3. The maximum Gasteiger partial charge on any atom is 0.329 e. The lowest BCUT2D eigenvalue weighted by Gasteiger charge is -2.31. The number of carbonyl (C=O) groups is 2. The smallest absolute Gasteiger partial charge is 0.329 e. The average molecular weight is 293 g/mol. The SMILES string of the molecule is CC1(C(=O)O)CCCN1C(=O)CCSc1ccccc1. The van der Waals surface area contributed by atoms with Crippen LogP contribution < -0.4 is 0 Å². The second-order valence-corrected chi connectivity index (χ2v) is 6.31. The zero-order valence-electron chi connectivity index (χ0n) is 11.5. The summed E-state index contributed by atoms with van der Waals surface area (Å²) in [6, 6.07) is 9.90. The van der Waals surface area contributed by atoms with Gasteiger partial charge in [0.15, 0.2) is 0 Å². The van der Waals surface area contributed by atoms with Crippen molar-refractivity contribution in [1.29, 1.82) is 0 Å². The number of carboxylic acid groups (broad SMARTS) is 1. The van der Waals surface area contributed by atoms with Crippen molar-refractivity contribution in [2.24, 2.45) is 0 Å². The lowest BCUT2D eigenvalue weighted by atomic mass is 9.99. The number of benzene rings is 1. The minimum Gasteiger partial charge on any atom is -0.480 e. The van der Waals surface area contributed by atoms with E-state index in [0.29, 0.717) is 25.1 Å². The van der Waals surface area contributed by atoms with Crippen LogP contribution in [0.4, 0.5) is 0 Å². The third kappa shape index (κ3) is 3.15. The summed E-state index contributed by atoms with van der Waals surface area (Å²) in [5.74, 6) is -0.287. The molecule has 0 spiro atoms. The summed E-state index contributed by atoms with van der Waals surface area (Å²) in [4.78, 5) is 26.2. The summed E-state index contributed by atoms with van der Waals surface area (Å²) in [6.45, 7) is 2.20. The topological polar surface area (TPSA) is 57.6 Å². The van der Waals surface area contributed by atoms with Gasteiger partial charge in [0.05, 0.1) is 0 Å². The highest BCUT2D eigenvalue weighted by atomic mass is 32.2. The molecule has 0 aromatic heterocycles. The van der Waals surface area contributed by atoms with Crippen LogP contribution in [0.25, 0.3) is 0 Å². The fourth-order valence-corrected chi connectivity index (χ4v) is 3.36. The van der Waals surface area contributed by atoms with Gasteiger partial charge in [-0.3, -0.25) is 4.79 Å². The molecular weight excluding hydrogens is 274 g/mol. The zero-order valence-corrected chi connectivity index (χ0v) is 12.4. The summed E-state index contributed by atoms with van der Waals surface area (Å²) in [7, 11) is 0. The maximum absolute atomic E-state index is 12.2. The standard InChI is InChI=1S/C15H19NO3S/c1-15(14(18)19)9-5-10-16(15)13(17)8-11-20-12-6-3-2-4-7-12/h2-4,6-7H,5,8-11H2,1H3,(H,18,19). The minimum atomic E-state index is -1.02. The van der Waals surface area contributed by atoms with Crippen molar-refractivity contribution in [3.05, 3.63) is 30.3 Å². The molecule has 0 radical (unpaired) electrons. The van der Waals surface area contributed by atoms with Crippen LogP contribution in [0.3, 0.4) is 0 Å². The van der Waals surface area contributed by atoms with Crippen LogP contribution in [0.1, 0.15) is 26.2 Å². The molecule has 4 nitrogen and oxygen atoms in total. The number of nitrogens with zero attached hydrogens (tertiary/aromatic N) is 1. The molecule has 1 N–H and O–H groups in total. The van der Waals surface area contributed by atoms with E-state index < -0.39 is 11.5 Å². The second kappa shape index (κ2) is 6.31. The first-order valence-corrected chi connectivity index (χ1v) is 7.74. The Labute approximate surface area is 123 Å². The highest BCUT2D eigenvalue weighted by molar-refractivity contribution is 7.99. The number of rotatable bonds is 5. The molecule has 5 heteroatoms. The van der Waals surface area contributed by atoms with E-state index >= 15 is 0 Å². The predicted octanol–water partition coefficient (Wildman–Crippen LogP) is 2.63. The molecule has 0 bridgehead atoms. The van der Waals surface area contributed by atoms with Crippen molar-refractivity contribution in [1.82, 2.24) is 4.90 Å². The molecule has 1 fully saturated rings. The molecule has 1 unspecified atom stereocenters. The van der Waals surface area contributed by atoms with E-state index in [0.717, 1.165) is 11.3 Å². The zero-order chi connectivity index (χ0) is 14.6. The molecule has 1 amide bonds. The number of amides is 1. The van der Waals surface area contributed by atoms with Gasteiger partial charge in [0.25, 0.3) is 0 Å². The van der Waals surface area contributed by atoms with E-state index in [1.807, 2.05) is 30.3 Å². The number of likely N-dealkylation sites (tertiary alicyclic amines) is 1. The summed E-state index contributed by atoms with van der Waals surface area (Å²) < 4.78 is 0. The van der Waals surface area contributed by atoms with Gasteiger partial charge in [-0.25, -0.2) is 4.79 Å². The van der Waals surface area contributed by atoms with Crippen molar-refractivity contribution in [3.8, 4) is 0 Å². The van der Waals surface area contributed by atoms with E-state index in [1.165, 1.54) is 4.90 Å². The lowest BCUT2D eigenvalue weighted by molar-refractivity contribution is -0.155. The van der Waals surface area contributed by atoms with Gasteiger partial charge in [-0.15, -0.1) is 11.8 Å². The van der Waals surface area contributed by atoms with Gasteiger partial charge in [0, 0.05) is 23.6 Å². The molecule has 1 aromatic rings. The summed E-state index contributed by atoms with van der Waals surface area (Å²) in [5.41, 5.74) is -1.02. The number of thioether (sulfide) groups is 1. The summed E-state index contributed by atoms with van der Waals surface area (Å²) in [6.07, 6.45) is 1.68. The summed E-state index contributed by atoms with van der Waals surface area (Å²) in [5, 5.41) is 9.30. The van der Waals surface area contributed by atoms with E-state index in [4.69, 9.17) is 0 Å². The molecule has 1 aliphatic rings. The first kappa shape index (κ1) is 14.9. The van der Waals surface area contributed by atoms with Crippen molar-refractivity contribution in [3.63, 3.8) is 0 Å². The largest absolute Gasteiger partial charge is 0.480 e. The normalized spacial score (nSPS) is 21.9. The number of carbonyl (C=O) groups excluding carboxylic acids is 1. The molecule has 0 aliphatic carbocycles. The first-order chi connectivity index (χ1) is 9.54.